The molecular formula is C15H26NO8P. The number of carbonyl (C=O) groups excluding carboxylic acids is 3. The zero-order chi connectivity index (χ0) is 19.3. The van der Waals surface area contributed by atoms with Gasteiger partial charge in [-0.2, -0.15) is 0 Å². The molecule has 0 aliphatic carbocycles. The summed E-state index contributed by atoms with van der Waals surface area (Å²) in [4.78, 5) is 35.0. The third kappa shape index (κ3) is 6.09. The highest BCUT2D eigenvalue weighted by Gasteiger charge is 2.48. The minimum atomic E-state index is -3.64. The van der Waals surface area contributed by atoms with Crippen LogP contribution in [0, 0.1) is 11.3 Å². The summed E-state index contributed by atoms with van der Waals surface area (Å²) in [5, 5.41) is 2.57. The third-order valence-electron chi connectivity index (χ3n) is 3.80. The summed E-state index contributed by atoms with van der Waals surface area (Å²) in [6.07, 6.45) is -1.19. The van der Waals surface area contributed by atoms with Gasteiger partial charge in [-0.25, -0.2) is 0 Å². The fraction of sp³-hybridized carbons (Fsp3) is 0.800. The van der Waals surface area contributed by atoms with Crippen LogP contribution in [-0.2, 0) is 37.5 Å². The van der Waals surface area contributed by atoms with E-state index in [0.29, 0.717) is 0 Å². The monoisotopic (exact) mass is 379 g/mol. The van der Waals surface area contributed by atoms with Gasteiger partial charge in [-0.05, 0) is 0 Å². The first-order valence-corrected chi connectivity index (χ1v) is 9.62. The molecule has 25 heavy (non-hydrogen) atoms. The molecule has 3 atom stereocenters. The van der Waals surface area contributed by atoms with Gasteiger partial charge in [0.2, 0.25) is 5.91 Å². The zero-order valence-electron chi connectivity index (χ0n) is 15.2. The van der Waals surface area contributed by atoms with Crippen molar-refractivity contribution in [3.05, 3.63) is 0 Å². The number of methoxy groups -OCH3 is 2. The largest absolute Gasteiger partial charge is 0.469 e. The molecule has 0 aromatic heterocycles. The molecule has 9 nitrogen and oxygen atoms in total. The van der Waals surface area contributed by atoms with Gasteiger partial charge in [0.05, 0.1) is 39.3 Å². The number of hydrogen-bond acceptors (Lipinski definition) is 8. The highest BCUT2D eigenvalue weighted by atomic mass is 31.2. The number of hydrogen-bond donors (Lipinski definition) is 1. The summed E-state index contributed by atoms with van der Waals surface area (Å²) in [5.41, 5.74) is -0.724. The van der Waals surface area contributed by atoms with Crippen LogP contribution in [0.4, 0.5) is 0 Å². The second kappa shape index (κ2) is 8.78. The van der Waals surface area contributed by atoms with Crippen molar-refractivity contribution in [1.82, 2.24) is 5.32 Å². The van der Waals surface area contributed by atoms with E-state index in [1.165, 1.54) is 14.2 Å². The second-order valence-electron chi connectivity index (χ2n) is 6.58. The van der Waals surface area contributed by atoms with Crippen molar-refractivity contribution in [2.24, 2.45) is 11.3 Å². The molecule has 1 aliphatic heterocycles. The van der Waals surface area contributed by atoms with Gasteiger partial charge in [0.25, 0.3) is 0 Å². The molecule has 0 radical (unpaired) electrons. The van der Waals surface area contributed by atoms with Crippen LogP contribution < -0.4 is 5.32 Å². The first-order chi connectivity index (χ1) is 11.5. The number of carbonyl (C=O) groups is 3. The molecule has 0 spiro atoms. The van der Waals surface area contributed by atoms with Gasteiger partial charge in [-0.15, -0.1) is 0 Å². The number of esters is 2. The number of ether oxygens (including phenoxy) is 2. The fourth-order valence-electron chi connectivity index (χ4n) is 2.27. The predicted molar refractivity (Wildman–Crippen MR) is 87.9 cm³/mol. The average molecular weight is 379 g/mol. The van der Waals surface area contributed by atoms with Gasteiger partial charge in [-0.3, -0.25) is 23.5 Å². The second-order valence-corrected chi connectivity index (χ2v) is 8.64. The lowest BCUT2D eigenvalue weighted by Gasteiger charge is -2.40. The SMILES string of the molecule is COC(=O)CCNC(=O)[C@@H]1O[P@@](=O)(C[C@@H](C)C(=O)OC)OCC1(C)C. The van der Waals surface area contributed by atoms with E-state index >= 15 is 0 Å². The topological polar surface area (TPSA) is 117 Å². The fourth-order valence-corrected chi connectivity index (χ4v) is 4.57. The molecule has 1 N–H and O–H groups in total. The van der Waals surface area contributed by atoms with E-state index in [1.54, 1.807) is 20.8 Å². The Bertz CT molecular complexity index is 562. The van der Waals surface area contributed by atoms with Gasteiger partial charge < -0.3 is 19.3 Å². The van der Waals surface area contributed by atoms with Crippen LogP contribution >= 0.6 is 7.60 Å². The Morgan fingerprint density at radius 2 is 1.92 bits per heavy atom. The van der Waals surface area contributed by atoms with Gasteiger partial charge in [0.15, 0.2) is 6.10 Å². The maximum atomic E-state index is 12.8. The molecule has 0 unspecified atom stereocenters. The quantitative estimate of drug-likeness (QED) is 0.516. The summed E-state index contributed by atoms with van der Waals surface area (Å²) in [5.74, 6) is -2.18. The van der Waals surface area contributed by atoms with Crippen molar-refractivity contribution in [2.75, 3.05) is 33.5 Å². The third-order valence-corrected chi connectivity index (χ3v) is 5.85. The van der Waals surface area contributed by atoms with Crippen molar-refractivity contribution < 1.29 is 37.5 Å². The van der Waals surface area contributed by atoms with E-state index in [4.69, 9.17) is 9.05 Å². The van der Waals surface area contributed by atoms with E-state index in [2.05, 4.69) is 14.8 Å². The zero-order valence-corrected chi connectivity index (χ0v) is 16.1. The molecule has 1 amide bonds. The van der Waals surface area contributed by atoms with E-state index in [1.807, 2.05) is 0 Å². The standard InChI is InChI=1S/C15H26NO8P/c1-10(14(19)22-5)8-25(20)23-9-15(2,3)12(24-25)13(18)16-7-6-11(17)21-4/h10,12H,6-9H2,1-5H3,(H,16,18)/t10-,12+,25-/m1/s1. The van der Waals surface area contributed by atoms with Gasteiger partial charge in [0, 0.05) is 12.0 Å². The Labute approximate surface area is 147 Å². The van der Waals surface area contributed by atoms with Crippen molar-refractivity contribution in [2.45, 2.75) is 33.3 Å². The van der Waals surface area contributed by atoms with Gasteiger partial charge in [-0.1, -0.05) is 20.8 Å². The highest BCUT2D eigenvalue weighted by Crippen LogP contribution is 2.57. The Balaban J connectivity index is 2.75. The predicted octanol–water partition coefficient (Wildman–Crippen LogP) is 1.11. The molecular weight excluding hydrogens is 353 g/mol. The van der Waals surface area contributed by atoms with Gasteiger partial charge >= 0.3 is 19.5 Å². The average Bonchev–Trinajstić information content (AvgIpc) is 2.56. The summed E-state index contributed by atoms with van der Waals surface area (Å²) in [7, 11) is -1.15. The van der Waals surface area contributed by atoms with E-state index in [-0.39, 0.29) is 25.7 Å². The van der Waals surface area contributed by atoms with Crippen LogP contribution in [0.15, 0.2) is 0 Å². The summed E-state index contributed by atoms with van der Waals surface area (Å²) in [6.45, 7) is 5.14. The Kier molecular flexibility index (Phi) is 7.59. The molecule has 1 aliphatic rings. The van der Waals surface area contributed by atoms with Crippen molar-refractivity contribution in [3.8, 4) is 0 Å². The van der Waals surface area contributed by atoms with Crippen molar-refractivity contribution >= 4 is 25.4 Å². The minimum absolute atomic E-state index is 0.0168. The number of rotatable bonds is 7. The van der Waals surface area contributed by atoms with E-state index < -0.39 is 42.9 Å². The Morgan fingerprint density at radius 3 is 2.48 bits per heavy atom. The van der Waals surface area contributed by atoms with E-state index in [9.17, 15) is 18.9 Å². The van der Waals surface area contributed by atoms with Crippen LogP contribution in [0.1, 0.15) is 27.2 Å². The van der Waals surface area contributed by atoms with Crippen molar-refractivity contribution in [3.63, 3.8) is 0 Å². The first-order valence-electron chi connectivity index (χ1n) is 7.89. The molecule has 144 valence electrons. The van der Waals surface area contributed by atoms with Crippen LogP contribution in [0.3, 0.4) is 0 Å². The molecule has 1 fully saturated rings. The highest BCUT2D eigenvalue weighted by molar-refractivity contribution is 7.54. The number of amides is 1. The van der Waals surface area contributed by atoms with E-state index in [0.717, 1.165) is 0 Å². The molecule has 10 heteroatoms. The minimum Gasteiger partial charge on any atom is -0.469 e. The summed E-state index contributed by atoms with van der Waals surface area (Å²) >= 11 is 0. The first kappa shape index (κ1) is 21.6. The van der Waals surface area contributed by atoms with Gasteiger partial charge in [0.1, 0.15) is 0 Å². The van der Waals surface area contributed by atoms with Crippen LogP contribution in [0.5, 0.6) is 0 Å². The number of nitrogens with one attached hydrogen (secondary N) is 1. The normalized spacial score (nSPS) is 26.4. The summed E-state index contributed by atoms with van der Waals surface area (Å²) in [6, 6.07) is 0. The molecule has 1 rings (SSSR count). The molecule has 1 heterocycles. The smallest absolute Gasteiger partial charge is 0.332 e. The van der Waals surface area contributed by atoms with Crippen molar-refractivity contribution in [1.29, 1.82) is 0 Å². The Morgan fingerprint density at radius 1 is 1.28 bits per heavy atom. The maximum absolute atomic E-state index is 12.8. The lowest BCUT2D eigenvalue weighted by atomic mass is 9.87. The molecule has 0 bridgehead atoms. The van der Waals surface area contributed by atoms with Crippen LogP contribution in [0.2, 0.25) is 0 Å². The van der Waals surface area contributed by atoms with Crippen LogP contribution in [-0.4, -0.2) is 57.5 Å². The maximum Gasteiger partial charge on any atom is 0.332 e. The lowest BCUT2D eigenvalue weighted by molar-refractivity contribution is -0.144. The summed E-state index contributed by atoms with van der Waals surface area (Å²) < 4.78 is 32.7. The molecule has 0 aromatic carbocycles. The molecule has 0 aromatic rings. The lowest BCUT2D eigenvalue weighted by Crippen LogP contribution is -2.50. The molecule has 1 saturated heterocycles. The Hall–Kier alpha value is -1.44. The van der Waals surface area contributed by atoms with Crippen LogP contribution in [0.25, 0.3) is 0 Å². The molecule has 0 saturated carbocycles.